The molecule has 0 fully saturated rings. The van der Waals surface area contributed by atoms with E-state index in [1.165, 1.54) is 77.0 Å². The number of ether oxygens (including phenoxy) is 2. The maximum absolute atomic E-state index is 13.5. The van der Waals surface area contributed by atoms with E-state index < -0.39 is 35.8 Å². The lowest BCUT2D eigenvalue weighted by atomic mass is 9.84. The molecule has 12 nitrogen and oxygen atoms in total. The van der Waals surface area contributed by atoms with Crippen molar-refractivity contribution in [3.8, 4) is 0 Å². The number of hydrogen-bond acceptors (Lipinski definition) is 8. The van der Waals surface area contributed by atoms with Gasteiger partial charge in [0.05, 0.1) is 13.2 Å². The Morgan fingerprint density at radius 3 is 1.03 bits per heavy atom. The van der Waals surface area contributed by atoms with Crippen molar-refractivity contribution in [1.29, 1.82) is 0 Å². The lowest BCUT2D eigenvalue weighted by Gasteiger charge is -2.24. The molecular weight excluding hydrogens is 857 g/mol. The van der Waals surface area contributed by atoms with Crippen molar-refractivity contribution >= 4 is 35.6 Å². The Kier molecular flexibility index (Phi) is 38.6. The third kappa shape index (κ3) is 40.7. The molecule has 0 heterocycles. The minimum Gasteiger partial charge on any atom is -0.464 e. The summed E-state index contributed by atoms with van der Waals surface area (Å²) in [6.45, 7) is 23.0. The first-order valence-electron chi connectivity index (χ1n) is 27.8. The molecular formula is C56H106N4O8. The van der Waals surface area contributed by atoms with Crippen molar-refractivity contribution in [3.63, 3.8) is 0 Å². The van der Waals surface area contributed by atoms with Crippen molar-refractivity contribution < 1.29 is 38.2 Å². The van der Waals surface area contributed by atoms with Gasteiger partial charge in [-0.25, -0.2) is 9.59 Å². The summed E-state index contributed by atoms with van der Waals surface area (Å²) in [5.74, 6) is -2.66. The molecule has 12 heteroatoms. The van der Waals surface area contributed by atoms with Crippen LogP contribution in [0.3, 0.4) is 0 Å². The van der Waals surface area contributed by atoms with E-state index in [1.807, 2.05) is 0 Å². The van der Waals surface area contributed by atoms with E-state index in [2.05, 4.69) is 90.5 Å². The molecule has 0 aliphatic carbocycles. The number of carbonyl (C=O) groups is 6. The summed E-state index contributed by atoms with van der Waals surface area (Å²) in [7, 11) is 0. The van der Waals surface area contributed by atoms with Crippen molar-refractivity contribution in [2.45, 2.75) is 274 Å². The third-order valence-corrected chi connectivity index (χ3v) is 12.5. The standard InChI is InChI=1S/C56H106N4O8/c1-11-13-15-17-19-21-23-25-27-35-49(61)57-39-31-29-33-47(53(65)67-41-37-45(3)43-55(5,6)7)59-51(63)52(64)60-48(54(66)68-42-38-46(4)44-56(8,9)10)34-30-32-40-58-50(62)36-28-26-24-22-20-18-16-14-12-2/h45-48H,11-44H2,1-10H3,(H,57,61)(H,58,62)(H,59,63)(H,60,64)/t45?,46?,47-,48-/m0/s1. The Morgan fingerprint density at radius 1 is 0.412 bits per heavy atom. The maximum atomic E-state index is 13.5. The van der Waals surface area contributed by atoms with Crippen LogP contribution in [0, 0.1) is 22.7 Å². The summed E-state index contributed by atoms with van der Waals surface area (Å²) < 4.78 is 11.3. The first-order chi connectivity index (χ1) is 32.3. The second-order valence-corrected chi connectivity index (χ2v) is 22.6. The predicted octanol–water partition coefficient (Wildman–Crippen LogP) is 12.4. The van der Waals surface area contributed by atoms with Crippen molar-refractivity contribution in [2.24, 2.45) is 22.7 Å². The zero-order chi connectivity index (χ0) is 51.1. The van der Waals surface area contributed by atoms with Crippen LogP contribution in [-0.4, -0.2) is 74.0 Å². The van der Waals surface area contributed by atoms with E-state index in [0.717, 1.165) is 51.4 Å². The minimum absolute atomic E-state index is 0.0138. The van der Waals surface area contributed by atoms with E-state index in [1.54, 1.807) is 0 Å². The summed E-state index contributed by atoms with van der Waals surface area (Å²) in [5.41, 5.74) is 0.265. The van der Waals surface area contributed by atoms with Crippen LogP contribution in [0.5, 0.6) is 0 Å². The van der Waals surface area contributed by atoms with Crippen molar-refractivity contribution in [3.05, 3.63) is 0 Å². The molecule has 0 aromatic rings. The van der Waals surface area contributed by atoms with Gasteiger partial charge in [-0.05, 0) is 99.7 Å². The number of unbranched alkanes of at least 4 members (excludes halogenated alkanes) is 18. The van der Waals surface area contributed by atoms with Gasteiger partial charge in [0.1, 0.15) is 12.1 Å². The number of rotatable bonds is 42. The molecule has 0 radical (unpaired) electrons. The fourth-order valence-electron chi connectivity index (χ4n) is 8.93. The normalized spacial score (nSPS) is 13.5. The summed E-state index contributed by atoms with van der Waals surface area (Å²) in [6.07, 6.45) is 28.2. The van der Waals surface area contributed by atoms with Gasteiger partial charge in [-0.1, -0.05) is 172 Å². The van der Waals surface area contributed by atoms with Crippen molar-refractivity contribution in [2.75, 3.05) is 26.3 Å². The zero-order valence-electron chi connectivity index (χ0n) is 45.6. The SMILES string of the molecule is CCCCCCCCCCCC(=O)NCCCC[C@H](NC(=O)C(=O)N[C@@H](CCCCNC(=O)CCCCCCCCCCC)C(=O)OCCC(C)CC(C)(C)C)C(=O)OCCC(C)CC(C)(C)C. The average Bonchev–Trinajstić information content (AvgIpc) is 3.25. The molecule has 0 saturated carbocycles. The van der Waals surface area contributed by atoms with E-state index >= 15 is 0 Å². The van der Waals surface area contributed by atoms with Crippen LogP contribution in [0.15, 0.2) is 0 Å². The van der Waals surface area contributed by atoms with Crippen LogP contribution in [-0.2, 0) is 38.2 Å². The Bertz CT molecular complexity index is 1240. The summed E-state index contributed by atoms with van der Waals surface area (Å²) in [6, 6.07) is -2.17. The summed E-state index contributed by atoms with van der Waals surface area (Å²) >= 11 is 0. The highest BCUT2D eigenvalue weighted by atomic mass is 16.5. The fourth-order valence-corrected chi connectivity index (χ4v) is 8.93. The molecule has 0 bridgehead atoms. The smallest absolute Gasteiger partial charge is 0.328 e. The van der Waals surface area contributed by atoms with Crippen LogP contribution < -0.4 is 21.3 Å². The molecule has 4 atom stereocenters. The average molecular weight is 963 g/mol. The van der Waals surface area contributed by atoms with Gasteiger partial charge in [-0.3, -0.25) is 19.2 Å². The number of esters is 2. The van der Waals surface area contributed by atoms with Crippen LogP contribution in [0.4, 0.5) is 0 Å². The van der Waals surface area contributed by atoms with E-state index in [4.69, 9.17) is 9.47 Å². The summed E-state index contributed by atoms with van der Waals surface area (Å²) in [4.78, 5) is 78.8. The molecule has 2 unspecified atom stereocenters. The second kappa shape index (κ2) is 40.5. The molecule has 68 heavy (non-hydrogen) atoms. The number of hydrogen-bond donors (Lipinski definition) is 4. The zero-order valence-corrected chi connectivity index (χ0v) is 45.6. The van der Waals surface area contributed by atoms with Crippen LogP contribution in [0.25, 0.3) is 0 Å². The highest BCUT2D eigenvalue weighted by Crippen LogP contribution is 2.27. The van der Waals surface area contributed by atoms with Gasteiger partial charge >= 0.3 is 23.8 Å². The number of carbonyl (C=O) groups excluding carboxylic acids is 6. The van der Waals surface area contributed by atoms with Crippen LogP contribution >= 0.6 is 0 Å². The van der Waals surface area contributed by atoms with Gasteiger partial charge in [-0.2, -0.15) is 0 Å². The van der Waals surface area contributed by atoms with Gasteiger partial charge in [0, 0.05) is 25.9 Å². The first-order valence-corrected chi connectivity index (χ1v) is 27.8. The van der Waals surface area contributed by atoms with Gasteiger partial charge in [0.15, 0.2) is 0 Å². The lowest BCUT2D eigenvalue weighted by molar-refractivity contribution is -0.152. The van der Waals surface area contributed by atoms with Crippen LogP contribution in [0.2, 0.25) is 0 Å². The van der Waals surface area contributed by atoms with Crippen LogP contribution in [0.1, 0.15) is 262 Å². The molecule has 0 aliphatic rings. The third-order valence-electron chi connectivity index (χ3n) is 12.5. The van der Waals surface area contributed by atoms with E-state index in [-0.39, 0.29) is 48.7 Å². The highest BCUT2D eigenvalue weighted by Gasteiger charge is 2.30. The van der Waals surface area contributed by atoms with Gasteiger partial charge < -0.3 is 30.7 Å². The molecule has 0 spiro atoms. The van der Waals surface area contributed by atoms with Gasteiger partial charge in [-0.15, -0.1) is 0 Å². The lowest BCUT2D eigenvalue weighted by Crippen LogP contribution is -2.52. The summed E-state index contributed by atoms with van der Waals surface area (Å²) in [5, 5.41) is 11.1. The molecule has 398 valence electrons. The molecule has 0 saturated heterocycles. The monoisotopic (exact) mass is 963 g/mol. The van der Waals surface area contributed by atoms with E-state index in [0.29, 0.717) is 76.3 Å². The second-order valence-electron chi connectivity index (χ2n) is 22.6. The molecule has 0 aromatic carbocycles. The molecule has 4 N–H and O–H groups in total. The molecule has 0 aromatic heterocycles. The fraction of sp³-hybridized carbons (Fsp3) is 0.893. The van der Waals surface area contributed by atoms with Gasteiger partial charge in [0.2, 0.25) is 11.8 Å². The Labute approximate surface area is 416 Å². The largest absolute Gasteiger partial charge is 0.464 e. The Morgan fingerprint density at radius 2 is 0.721 bits per heavy atom. The number of nitrogens with one attached hydrogen (secondary N) is 4. The Hall–Kier alpha value is -3.18. The first kappa shape index (κ1) is 64.8. The topological polar surface area (TPSA) is 169 Å². The molecule has 0 rings (SSSR count). The molecule has 0 aliphatic heterocycles. The van der Waals surface area contributed by atoms with Crippen molar-refractivity contribution in [1.82, 2.24) is 21.3 Å². The molecule has 4 amide bonds. The quantitative estimate of drug-likeness (QED) is 0.0266. The van der Waals surface area contributed by atoms with E-state index in [9.17, 15) is 28.8 Å². The Balaban J connectivity index is 5.39. The minimum atomic E-state index is -1.09. The maximum Gasteiger partial charge on any atom is 0.328 e. The highest BCUT2D eigenvalue weighted by molar-refractivity contribution is 6.35. The van der Waals surface area contributed by atoms with Gasteiger partial charge in [0.25, 0.3) is 0 Å². The number of amides is 4. The predicted molar refractivity (Wildman–Crippen MR) is 279 cm³/mol.